The summed E-state index contributed by atoms with van der Waals surface area (Å²) in [5, 5.41) is 0. The molecule has 0 aromatic heterocycles. The normalized spacial score (nSPS) is 10.9. The van der Waals surface area contributed by atoms with Crippen molar-refractivity contribution in [3.05, 3.63) is 53.6 Å². The number of hydrogen-bond donors (Lipinski definition) is 1. The number of nitrogens with one attached hydrogen (secondary N) is 1. The average molecular weight is 335 g/mol. The number of sulfonamides is 1. The van der Waals surface area contributed by atoms with Crippen molar-refractivity contribution in [3.63, 3.8) is 0 Å². The largest absolute Gasteiger partial charge is 0.495 e. The van der Waals surface area contributed by atoms with Crippen molar-refractivity contribution >= 4 is 21.7 Å². The van der Waals surface area contributed by atoms with E-state index in [9.17, 15) is 13.2 Å². The molecule has 2 aromatic rings. The minimum absolute atomic E-state index is 0.0380. The molecular formula is C16H17NO5S. The van der Waals surface area contributed by atoms with Crippen molar-refractivity contribution < 1.29 is 22.7 Å². The summed E-state index contributed by atoms with van der Waals surface area (Å²) in [6.07, 6.45) is 0. The van der Waals surface area contributed by atoms with Crippen LogP contribution in [-0.2, 0) is 14.8 Å². The predicted molar refractivity (Wildman–Crippen MR) is 86.3 cm³/mol. The summed E-state index contributed by atoms with van der Waals surface area (Å²) < 4.78 is 37.3. The number of carbonyl (C=O) groups excluding carboxylic acids is 1. The first-order chi connectivity index (χ1) is 10.9. The van der Waals surface area contributed by atoms with Gasteiger partial charge in [-0.05, 0) is 42.8 Å². The van der Waals surface area contributed by atoms with Crippen LogP contribution in [0.25, 0.3) is 0 Å². The van der Waals surface area contributed by atoms with Crippen LogP contribution in [0, 0.1) is 6.92 Å². The molecule has 1 N–H and O–H groups in total. The Bertz CT molecular complexity index is 830. The molecule has 0 aliphatic heterocycles. The van der Waals surface area contributed by atoms with Crippen LogP contribution in [0.4, 0.5) is 5.69 Å². The van der Waals surface area contributed by atoms with Gasteiger partial charge in [0.1, 0.15) is 5.75 Å². The van der Waals surface area contributed by atoms with Crippen LogP contribution in [0.3, 0.4) is 0 Å². The standard InChI is InChI=1S/C16H17NO5S/c1-11-7-8-15(21-2)14(9-11)17-23(19,20)13-6-4-5-12(10-13)16(18)22-3/h4-10,17H,1-3H3. The van der Waals surface area contributed by atoms with E-state index in [0.29, 0.717) is 11.4 Å². The van der Waals surface area contributed by atoms with Crippen molar-refractivity contribution in [1.29, 1.82) is 0 Å². The molecule has 0 spiro atoms. The van der Waals surface area contributed by atoms with Gasteiger partial charge in [0.25, 0.3) is 10.0 Å². The van der Waals surface area contributed by atoms with Crippen LogP contribution < -0.4 is 9.46 Å². The highest BCUT2D eigenvalue weighted by Gasteiger charge is 2.18. The zero-order chi connectivity index (χ0) is 17.0. The lowest BCUT2D eigenvalue weighted by Crippen LogP contribution is -2.14. The Hall–Kier alpha value is -2.54. The molecule has 0 bridgehead atoms. The molecule has 0 atom stereocenters. The first-order valence-electron chi connectivity index (χ1n) is 6.73. The molecule has 0 unspecified atom stereocenters. The molecule has 23 heavy (non-hydrogen) atoms. The van der Waals surface area contributed by atoms with E-state index >= 15 is 0 Å². The lowest BCUT2D eigenvalue weighted by atomic mass is 10.2. The summed E-state index contributed by atoms with van der Waals surface area (Å²) in [5.74, 6) is -0.196. The van der Waals surface area contributed by atoms with Crippen molar-refractivity contribution in [2.24, 2.45) is 0 Å². The van der Waals surface area contributed by atoms with Gasteiger partial charge in [-0.15, -0.1) is 0 Å². The molecule has 0 saturated carbocycles. The third-order valence-corrected chi connectivity index (χ3v) is 4.53. The van der Waals surface area contributed by atoms with Crippen LogP contribution in [0.2, 0.25) is 0 Å². The van der Waals surface area contributed by atoms with Crippen molar-refractivity contribution in [2.45, 2.75) is 11.8 Å². The number of hydrogen-bond acceptors (Lipinski definition) is 5. The van der Waals surface area contributed by atoms with E-state index in [1.54, 1.807) is 12.1 Å². The zero-order valence-corrected chi connectivity index (χ0v) is 13.8. The van der Waals surface area contributed by atoms with Gasteiger partial charge in [-0.3, -0.25) is 4.72 Å². The van der Waals surface area contributed by atoms with Gasteiger partial charge in [-0.1, -0.05) is 12.1 Å². The molecule has 122 valence electrons. The number of anilines is 1. The molecule has 0 aliphatic carbocycles. The maximum atomic E-state index is 12.5. The first kappa shape index (κ1) is 16.8. The highest BCUT2D eigenvalue weighted by molar-refractivity contribution is 7.92. The molecule has 2 aromatic carbocycles. The Kier molecular flexibility index (Phi) is 4.90. The van der Waals surface area contributed by atoms with Gasteiger partial charge in [-0.25, -0.2) is 13.2 Å². The van der Waals surface area contributed by atoms with Crippen LogP contribution >= 0.6 is 0 Å². The fourth-order valence-electron chi connectivity index (χ4n) is 2.01. The summed E-state index contributed by atoms with van der Waals surface area (Å²) in [5.41, 5.74) is 1.37. The van der Waals surface area contributed by atoms with Gasteiger partial charge < -0.3 is 9.47 Å². The fraction of sp³-hybridized carbons (Fsp3) is 0.188. The topological polar surface area (TPSA) is 81.7 Å². The number of ether oxygens (including phenoxy) is 2. The lowest BCUT2D eigenvalue weighted by molar-refractivity contribution is 0.0600. The average Bonchev–Trinajstić information content (AvgIpc) is 2.54. The predicted octanol–water partition coefficient (Wildman–Crippen LogP) is 2.59. The van der Waals surface area contributed by atoms with E-state index in [2.05, 4.69) is 9.46 Å². The summed E-state index contributed by atoms with van der Waals surface area (Å²) in [4.78, 5) is 11.5. The molecular weight excluding hydrogens is 318 g/mol. The smallest absolute Gasteiger partial charge is 0.337 e. The number of aryl methyl sites for hydroxylation is 1. The van der Waals surface area contributed by atoms with Crippen molar-refractivity contribution in [1.82, 2.24) is 0 Å². The van der Waals surface area contributed by atoms with Gasteiger partial charge >= 0.3 is 5.97 Å². The minimum Gasteiger partial charge on any atom is -0.495 e. The van der Waals surface area contributed by atoms with E-state index in [-0.39, 0.29) is 10.5 Å². The van der Waals surface area contributed by atoms with E-state index < -0.39 is 16.0 Å². The Morgan fingerprint density at radius 1 is 1.09 bits per heavy atom. The second-order valence-corrected chi connectivity index (χ2v) is 6.51. The second-order valence-electron chi connectivity index (χ2n) is 4.83. The van der Waals surface area contributed by atoms with Crippen LogP contribution in [0.15, 0.2) is 47.4 Å². The summed E-state index contributed by atoms with van der Waals surface area (Å²) >= 11 is 0. The summed E-state index contributed by atoms with van der Waals surface area (Å²) in [6, 6.07) is 10.8. The second kappa shape index (κ2) is 6.70. The molecule has 2 rings (SSSR count). The molecule has 0 amide bonds. The Balaban J connectivity index is 2.40. The van der Waals surface area contributed by atoms with Crippen LogP contribution in [0.1, 0.15) is 15.9 Å². The van der Waals surface area contributed by atoms with Gasteiger partial charge in [-0.2, -0.15) is 0 Å². The van der Waals surface area contributed by atoms with E-state index in [0.717, 1.165) is 5.56 Å². The van der Waals surface area contributed by atoms with Crippen LogP contribution in [-0.4, -0.2) is 28.6 Å². The maximum absolute atomic E-state index is 12.5. The van der Waals surface area contributed by atoms with Gasteiger partial charge in [0, 0.05) is 0 Å². The summed E-state index contributed by atoms with van der Waals surface area (Å²) in [7, 11) is -1.17. The number of esters is 1. The quantitative estimate of drug-likeness (QED) is 0.849. The van der Waals surface area contributed by atoms with Gasteiger partial charge in [0.15, 0.2) is 0 Å². The van der Waals surface area contributed by atoms with Crippen LogP contribution in [0.5, 0.6) is 5.75 Å². The number of rotatable bonds is 5. The molecule has 0 fully saturated rings. The SMILES string of the molecule is COC(=O)c1cccc(S(=O)(=O)Nc2cc(C)ccc2OC)c1. The first-order valence-corrected chi connectivity index (χ1v) is 8.21. The Labute approximate surface area is 135 Å². The van der Waals surface area contributed by atoms with E-state index in [4.69, 9.17) is 4.74 Å². The molecule has 7 heteroatoms. The monoisotopic (exact) mass is 335 g/mol. The highest BCUT2D eigenvalue weighted by atomic mass is 32.2. The molecule has 0 aliphatic rings. The number of benzene rings is 2. The third kappa shape index (κ3) is 3.81. The minimum atomic E-state index is -3.86. The molecule has 6 nitrogen and oxygen atoms in total. The number of carbonyl (C=O) groups is 1. The fourth-order valence-corrected chi connectivity index (χ4v) is 3.12. The van der Waals surface area contributed by atoms with E-state index in [1.807, 2.05) is 13.0 Å². The van der Waals surface area contributed by atoms with Crippen molar-refractivity contribution in [2.75, 3.05) is 18.9 Å². The lowest BCUT2D eigenvalue weighted by Gasteiger charge is -2.13. The molecule has 0 radical (unpaired) electrons. The summed E-state index contributed by atoms with van der Waals surface area (Å²) in [6.45, 7) is 1.84. The highest BCUT2D eigenvalue weighted by Crippen LogP contribution is 2.28. The molecule has 0 saturated heterocycles. The zero-order valence-electron chi connectivity index (χ0n) is 13.0. The Morgan fingerprint density at radius 2 is 1.83 bits per heavy atom. The third-order valence-electron chi connectivity index (χ3n) is 3.16. The molecule has 0 heterocycles. The van der Waals surface area contributed by atoms with Gasteiger partial charge in [0.05, 0.1) is 30.4 Å². The van der Waals surface area contributed by atoms with E-state index in [1.165, 1.54) is 38.5 Å². The van der Waals surface area contributed by atoms with Crippen molar-refractivity contribution in [3.8, 4) is 5.75 Å². The maximum Gasteiger partial charge on any atom is 0.337 e. The Morgan fingerprint density at radius 3 is 2.48 bits per heavy atom. The number of methoxy groups -OCH3 is 2. The van der Waals surface area contributed by atoms with Gasteiger partial charge in [0.2, 0.25) is 0 Å².